The highest BCUT2D eigenvalue weighted by Gasteiger charge is 2.38. The van der Waals surface area contributed by atoms with Gasteiger partial charge in [-0.25, -0.2) is 0 Å². The molecule has 2 unspecified atom stereocenters. The first kappa shape index (κ1) is 14.7. The van der Waals surface area contributed by atoms with Gasteiger partial charge in [-0.1, -0.05) is 13.8 Å². The van der Waals surface area contributed by atoms with Gasteiger partial charge in [0, 0.05) is 0 Å². The average molecular weight is 238 g/mol. The van der Waals surface area contributed by atoms with Gasteiger partial charge in [-0.15, -0.1) is 0 Å². The molecule has 0 saturated carbocycles. The molecular weight excluding hydrogens is 225 g/mol. The Bertz CT molecular complexity index is 283. The van der Waals surface area contributed by atoms with E-state index in [1.165, 1.54) is 0 Å². The molecule has 0 bridgehead atoms. The topological polar surface area (TPSA) is 73.1 Å². The van der Waals surface area contributed by atoms with E-state index >= 15 is 0 Å². The second-order valence-electron chi connectivity index (χ2n) is 3.65. The lowest BCUT2D eigenvalue weighted by Gasteiger charge is -2.17. The quantitative estimate of drug-likeness (QED) is 0.761. The van der Waals surface area contributed by atoms with Crippen LogP contribution in [-0.4, -0.2) is 29.8 Å². The maximum atomic E-state index is 11.9. The molecule has 0 radical (unpaired) electrons. The molecule has 0 spiro atoms. The summed E-state index contributed by atoms with van der Waals surface area (Å²) < 4.78 is 35.6. The molecule has 92 valence electrons. The Hall–Kier alpha value is -1.29. The Kier molecular flexibility index (Phi) is 5.24. The number of halogens is 3. The summed E-state index contributed by atoms with van der Waals surface area (Å²) >= 11 is 0. The molecule has 16 heavy (non-hydrogen) atoms. The molecule has 2 N–H and O–H groups in total. The van der Waals surface area contributed by atoms with E-state index in [1.54, 1.807) is 19.9 Å². The molecule has 7 heteroatoms. The first-order chi connectivity index (χ1) is 7.20. The Labute approximate surface area is 91.1 Å². The van der Waals surface area contributed by atoms with Gasteiger partial charge in [0.05, 0.1) is 12.6 Å². The van der Waals surface area contributed by atoms with Crippen molar-refractivity contribution in [3.63, 3.8) is 0 Å². The van der Waals surface area contributed by atoms with Crippen LogP contribution >= 0.6 is 0 Å². The minimum atomic E-state index is -4.77. The van der Waals surface area contributed by atoms with Crippen LogP contribution in [-0.2, 0) is 4.79 Å². The number of hydrogen-bond donors (Lipinski definition) is 2. The number of aliphatic hydroxyl groups excluding tert-OH is 1. The summed E-state index contributed by atoms with van der Waals surface area (Å²) in [5.41, 5.74) is 0. The zero-order valence-electron chi connectivity index (χ0n) is 8.88. The fourth-order valence-electron chi connectivity index (χ4n) is 0.933. The van der Waals surface area contributed by atoms with E-state index in [4.69, 9.17) is 10.4 Å². The smallest absolute Gasteiger partial charge is 0.382 e. The van der Waals surface area contributed by atoms with Gasteiger partial charge in [0.2, 0.25) is 5.91 Å². The fraction of sp³-hybridized carbons (Fsp3) is 0.778. The molecular formula is C9H13F3N2O2. The molecule has 2 atom stereocenters. The molecule has 0 aromatic heterocycles. The highest BCUT2D eigenvalue weighted by atomic mass is 19.4. The molecule has 0 heterocycles. The van der Waals surface area contributed by atoms with Crippen LogP contribution in [0.3, 0.4) is 0 Å². The average Bonchev–Trinajstić information content (AvgIpc) is 2.12. The molecule has 0 saturated heterocycles. The number of carbonyl (C=O) groups is 1. The van der Waals surface area contributed by atoms with Crippen molar-refractivity contribution in [2.45, 2.75) is 26.1 Å². The predicted molar refractivity (Wildman–Crippen MR) is 49.0 cm³/mol. The largest absolute Gasteiger partial charge is 0.416 e. The van der Waals surface area contributed by atoms with E-state index in [-0.39, 0.29) is 5.92 Å². The molecule has 0 rings (SSSR count). The van der Waals surface area contributed by atoms with E-state index in [0.717, 1.165) is 0 Å². The van der Waals surface area contributed by atoms with E-state index in [9.17, 15) is 18.0 Å². The maximum Gasteiger partial charge on any atom is 0.416 e. The van der Waals surface area contributed by atoms with Crippen LogP contribution in [0.2, 0.25) is 0 Å². The third-order valence-electron chi connectivity index (χ3n) is 1.94. The summed E-state index contributed by atoms with van der Waals surface area (Å²) in [6, 6.07) is 1.69. The number of carbonyl (C=O) groups excluding carboxylic acids is 1. The number of nitriles is 1. The summed E-state index contributed by atoms with van der Waals surface area (Å²) in [5.74, 6) is -2.12. The second kappa shape index (κ2) is 5.70. The normalized spacial score (nSPS) is 15.4. The number of aliphatic hydroxyl groups is 1. The molecule has 1 amide bonds. The van der Waals surface area contributed by atoms with Crippen molar-refractivity contribution >= 4 is 5.91 Å². The van der Waals surface area contributed by atoms with Crippen LogP contribution in [0.5, 0.6) is 0 Å². The van der Waals surface area contributed by atoms with Crippen molar-refractivity contribution in [1.82, 2.24) is 5.32 Å². The number of nitrogens with one attached hydrogen (secondary N) is 1. The SMILES string of the molecule is CC(C)C(C#N)C(=O)NCC(O)C(F)(F)F. The van der Waals surface area contributed by atoms with E-state index in [0.29, 0.717) is 0 Å². The lowest BCUT2D eigenvalue weighted by Crippen LogP contribution is -2.43. The summed E-state index contributed by atoms with van der Waals surface area (Å²) in [6.07, 6.45) is -7.38. The molecule has 0 aliphatic rings. The van der Waals surface area contributed by atoms with E-state index in [2.05, 4.69) is 0 Å². The van der Waals surface area contributed by atoms with Gasteiger partial charge in [0.15, 0.2) is 6.10 Å². The monoisotopic (exact) mass is 238 g/mol. The van der Waals surface area contributed by atoms with Crippen molar-refractivity contribution < 1.29 is 23.1 Å². The van der Waals surface area contributed by atoms with Gasteiger partial charge in [-0.2, -0.15) is 18.4 Å². The molecule has 4 nitrogen and oxygen atoms in total. The third kappa shape index (κ3) is 4.49. The van der Waals surface area contributed by atoms with Crippen LogP contribution in [0.15, 0.2) is 0 Å². The minimum Gasteiger partial charge on any atom is -0.382 e. The fourth-order valence-corrected chi connectivity index (χ4v) is 0.933. The van der Waals surface area contributed by atoms with Crippen molar-refractivity contribution in [2.75, 3.05) is 6.54 Å². The summed E-state index contributed by atoms with van der Waals surface area (Å²) in [5, 5.41) is 19.1. The maximum absolute atomic E-state index is 11.9. The Morgan fingerprint density at radius 1 is 1.50 bits per heavy atom. The van der Waals surface area contributed by atoms with Gasteiger partial charge in [-0.3, -0.25) is 4.79 Å². The highest BCUT2D eigenvalue weighted by Crippen LogP contribution is 2.19. The van der Waals surface area contributed by atoms with Gasteiger partial charge < -0.3 is 10.4 Å². The Morgan fingerprint density at radius 3 is 2.31 bits per heavy atom. The zero-order chi connectivity index (χ0) is 12.9. The number of nitrogens with zero attached hydrogens (tertiary/aromatic N) is 1. The summed E-state index contributed by atoms with van der Waals surface area (Å²) in [6.45, 7) is 2.27. The van der Waals surface area contributed by atoms with Crippen molar-refractivity contribution in [2.24, 2.45) is 11.8 Å². The first-order valence-electron chi connectivity index (χ1n) is 4.62. The van der Waals surface area contributed by atoms with Gasteiger partial charge >= 0.3 is 6.18 Å². The van der Waals surface area contributed by atoms with Crippen molar-refractivity contribution in [3.05, 3.63) is 0 Å². The molecule has 0 aliphatic carbocycles. The lowest BCUT2D eigenvalue weighted by atomic mass is 9.97. The predicted octanol–water partition coefficient (Wildman–Crippen LogP) is 0.822. The van der Waals surface area contributed by atoms with E-state index < -0.39 is 30.7 Å². The number of amides is 1. The van der Waals surface area contributed by atoms with Gasteiger partial charge in [0.25, 0.3) is 0 Å². The number of alkyl halides is 3. The van der Waals surface area contributed by atoms with Crippen LogP contribution in [0, 0.1) is 23.2 Å². The van der Waals surface area contributed by atoms with Gasteiger partial charge in [-0.05, 0) is 5.92 Å². The highest BCUT2D eigenvalue weighted by molar-refractivity contribution is 5.81. The number of hydrogen-bond acceptors (Lipinski definition) is 3. The standard InChI is InChI=1S/C9H13F3N2O2/c1-5(2)6(3-13)8(16)14-4-7(15)9(10,11)12/h5-7,15H,4H2,1-2H3,(H,14,16). The van der Waals surface area contributed by atoms with Crippen molar-refractivity contribution in [1.29, 1.82) is 5.26 Å². The molecule has 0 aliphatic heterocycles. The Morgan fingerprint density at radius 2 is 2.00 bits per heavy atom. The first-order valence-corrected chi connectivity index (χ1v) is 4.62. The third-order valence-corrected chi connectivity index (χ3v) is 1.94. The summed E-state index contributed by atoms with van der Waals surface area (Å²) in [7, 11) is 0. The van der Waals surface area contributed by atoms with Gasteiger partial charge in [0.1, 0.15) is 5.92 Å². The molecule has 0 aromatic rings. The minimum absolute atomic E-state index is 0.298. The molecule has 0 aromatic carbocycles. The van der Waals surface area contributed by atoms with E-state index in [1.807, 2.05) is 5.32 Å². The van der Waals surface area contributed by atoms with Crippen molar-refractivity contribution in [3.8, 4) is 6.07 Å². The molecule has 0 fully saturated rings. The second-order valence-corrected chi connectivity index (χ2v) is 3.65. The van der Waals surface area contributed by atoms with Crippen LogP contribution in [0.4, 0.5) is 13.2 Å². The Balaban J connectivity index is 4.23. The summed E-state index contributed by atoms with van der Waals surface area (Å²) in [4.78, 5) is 11.2. The lowest BCUT2D eigenvalue weighted by molar-refractivity contribution is -0.201. The van der Waals surface area contributed by atoms with Crippen LogP contribution < -0.4 is 5.32 Å². The zero-order valence-corrected chi connectivity index (χ0v) is 8.88. The number of rotatable bonds is 4. The van der Waals surface area contributed by atoms with Crippen LogP contribution in [0.1, 0.15) is 13.8 Å². The van der Waals surface area contributed by atoms with Crippen LogP contribution in [0.25, 0.3) is 0 Å².